The number of carboxylic acids is 1. The number of ether oxygens (including phenoxy) is 1. The lowest BCUT2D eigenvalue weighted by atomic mass is 10.1. The summed E-state index contributed by atoms with van der Waals surface area (Å²) in [6.07, 6.45) is 1.33. The molecular weight excluding hydrogens is 272 g/mol. The van der Waals surface area contributed by atoms with Crippen LogP contribution in [0.4, 0.5) is 10.5 Å². The van der Waals surface area contributed by atoms with Crippen LogP contribution in [0.2, 0.25) is 0 Å². The molecule has 0 spiro atoms. The Balaban J connectivity index is 1.81. The molecule has 2 amide bonds. The Kier molecular flexibility index (Phi) is 4.35. The number of aliphatic carboxylic acids is 1. The minimum atomic E-state index is -0.849. The minimum Gasteiger partial charge on any atom is -0.491 e. The Morgan fingerprint density at radius 2 is 1.90 bits per heavy atom. The summed E-state index contributed by atoms with van der Waals surface area (Å²) in [4.78, 5) is 22.7. The largest absolute Gasteiger partial charge is 0.491 e. The first kappa shape index (κ1) is 15.2. The molecule has 1 saturated carbocycles. The van der Waals surface area contributed by atoms with Crippen molar-refractivity contribution in [1.82, 2.24) is 5.32 Å². The first-order valence-corrected chi connectivity index (χ1v) is 6.96. The van der Waals surface area contributed by atoms with E-state index in [1.54, 1.807) is 24.3 Å². The van der Waals surface area contributed by atoms with Gasteiger partial charge in [0, 0.05) is 12.2 Å². The third-order valence-corrected chi connectivity index (χ3v) is 3.38. The van der Waals surface area contributed by atoms with Gasteiger partial charge in [-0.1, -0.05) is 0 Å². The maximum absolute atomic E-state index is 11.7. The van der Waals surface area contributed by atoms with Gasteiger partial charge in [-0.05, 0) is 51.0 Å². The molecule has 1 aromatic rings. The van der Waals surface area contributed by atoms with Crippen LogP contribution in [0.1, 0.15) is 26.7 Å². The average molecular weight is 292 g/mol. The van der Waals surface area contributed by atoms with Crippen LogP contribution in [0, 0.1) is 5.41 Å². The van der Waals surface area contributed by atoms with E-state index in [1.807, 2.05) is 13.8 Å². The van der Waals surface area contributed by atoms with Gasteiger partial charge in [0.15, 0.2) is 0 Å². The highest BCUT2D eigenvalue weighted by Gasteiger charge is 2.50. The van der Waals surface area contributed by atoms with E-state index >= 15 is 0 Å². The van der Waals surface area contributed by atoms with Crippen molar-refractivity contribution < 1.29 is 19.4 Å². The number of hydrogen-bond acceptors (Lipinski definition) is 3. The third kappa shape index (κ3) is 4.11. The number of carboxylic acid groups (broad SMARTS) is 1. The molecule has 0 radical (unpaired) electrons. The van der Waals surface area contributed by atoms with Crippen LogP contribution in [0.3, 0.4) is 0 Å². The molecule has 1 aliphatic rings. The van der Waals surface area contributed by atoms with Crippen molar-refractivity contribution in [2.45, 2.75) is 32.8 Å². The fraction of sp³-hybridized carbons (Fsp3) is 0.467. The molecule has 21 heavy (non-hydrogen) atoms. The van der Waals surface area contributed by atoms with E-state index in [1.165, 1.54) is 0 Å². The van der Waals surface area contributed by atoms with E-state index in [2.05, 4.69) is 10.6 Å². The molecular formula is C15H20N2O4. The number of anilines is 1. The van der Waals surface area contributed by atoms with Gasteiger partial charge in [0.1, 0.15) is 5.75 Å². The Hall–Kier alpha value is -2.24. The van der Waals surface area contributed by atoms with E-state index < -0.39 is 17.4 Å². The van der Waals surface area contributed by atoms with Crippen LogP contribution in [-0.2, 0) is 4.79 Å². The van der Waals surface area contributed by atoms with Crippen LogP contribution in [0.25, 0.3) is 0 Å². The van der Waals surface area contributed by atoms with Gasteiger partial charge in [-0.25, -0.2) is 4.79 Å². The van der Waals surface area contributed by atoms with Crippen LogP contribution >= 0.6 is 0 Å². The standard InChI is InChI=1S/C15H20N2O4/c1-10(2)21-12-5-3-11(4-6-12)17-14(20)16-9-15(7-8-15)13(18)19/h3-6,10H,7-9H2,1-2H3,(H,18,19)(H2,16,17,20). The Bertz CT molecular complexity index is 521. The fourth-order valence-electron chi connectivity index (χ4n) is 1.93. The molecule has 0 saturated heterocycles. The molecule has 114 valence electrons. The molecule has 0 aliphatic heterocycles. The predicted octanol–water partition coefficient (Wildman–Crippen LogP) is 2.46. The van der Waals surface area contributed by atoms with Crippen molar-refractivity contribution in [3.05, 3.63) is 24.3 Å². The highest BCUT2D eigenvalue weighted by Crippen LogP contribution is 2.45. The Morgan fingerprint density at radius 1 is 1.29 bits per heavy atom. The molecule has 6 nitrogen and oxygen atoms in total. The summed E-state index contributed by atoms with van der Waals surface area (Å²) in [5.41, 5.74) is -0.129. The lowest BCUT2D eigenvalue weighted by molar-refractivity contribution is -0.143. The average Bonchev–Trinajstić information content (AvgIpc) is 3.19. The number of hydrogen-bond donors (Lipinski definition) is 3. The number of rotatable bonds is 6. The van der Waals surface area contributed by atoms with Gasteiger partial charge in [-0.3, -0.25) is 4.79 Å². The smallest absolute Gasteiger partial charge is 0.319 e. The van der Waals surface area contributed by atoms with E-state index in [9.17, 15) is 9.59 Å². The highest BCUT2D eigenvalue weighted by molar-refractivity contribution is 5.90. The molecule has 1 aliphatic carbocycles. The second-order valence-electron chi connectivity index (χ2n) is 5.58. The van der Waals surface area contributed by atoms with E-state index in [4.69, 9.17) is 9.84 Å². The predicted molar refractivity (Wildman–Crippen MR) is 78.5 cm³/mol. The van der Waals surface area contributed by atoms with Crippen LogP contribution < -0.4 is 15.4 Å². The number of urea groups is 1. The molecule has 0 bridgehead atoms. The molecule has 1 fully saturated rings. The minimum absolute atomic E-state index is 0.0952. The quantitative estimate of drug-likeness (QED) is 0.751. The van der Waals surface area contributed by atoms with Gasteiger partial charge in [0.05, 0.1) is 11.5 Å². The number of nitrogens with one attached hydrogen (secondary N) is 2. The van der Waals surface area contributed by atoms with Gasteiger partial charge in [0.2, 0.25) is 0 Å². The summed E-state index contributed by atoms with van der Waals surface area (Å²) in [6, 6.07) is 6.62. The second kappa shape index (κ2) is 6.03. The van der Waals surface area contributed by atoms with E-state index in [0.29, 0.717) is 18.5 Å². The first-order valence-electron chi connectivity index (χ1n) is 6.96. The lowest BCUT2D eigenvalue weighted by Crippen LogP contribution is -2.36. The zero-order valence-corrected chi connectivity index (χ0v) is 12.2. The monoisotopic (exact) mass is 292 g/mol. The van der Waals surface area contributed by atoms with Crippen molar-refractivity contribution in [3.8, 4) is 5.75 Å². The molecule has 2 rings (SSSR count). The van der Waals surface area contributed by atoms with Crippen LogP contribution in [0.5, 0.6) is 5.75 Å². The summed E-state index contributed by atoms with van der Waals surface area (Å²) in [6.45, 7) is 4.04. The SMILES string of the molecule is CC(C)Oc1ccc(NC(=O)NCC2(C(=O)O)CC2)cc1. The second-order valence-corrected chi connectivity index (χ2v) is 5.58. The zero-order valence-electron chi connectivity index (χ0n) is 12.2. The summed E-state index contributed by atoms with van der Waals surface area (Å²) in [5, 5.41) is 14.3. The lowest BCUT2D eigenvalue weighted by Gasteiger charge is -2.13. The highest BCUT2D eigenvalue weighted by atomic mass is 16.5. The fourth-order valence-corrected chi connectivity index (χ4v) is 1.93. The molecule has 1 aromatic carbocycles. The molecule has 0 heterocycles. The molecule has 3 N–H and O–H groups in total. The molecule has 0 atom stereocenters. The third-order valence-electron chi connectivity index (χ3n) is 3.38. The summed E-state index contributed by atoms with van der Waals surface area (Å²) < 4.78 is 5.51. The van der Waals surface area contributed by atoms with Gasteiger partial charge < -0.3 is 20.5 Å². The maximum atomic E-state index is 11.7. The maximum Gasteiger partial charge on any atom is 0.319 e. The van der Waals surface area contributed by atoms with Gasteiger partial charge in [-0.15, -0.1) is 0 Å². The van der Waals surface area contributed by atoms with Gasteiger partial charge in [0.25, 0.3) is 0 Å². The van der Waals surface area contributed by atoms with Crippen molar-refractivity contribution in [2.24, 2.45) is 5.41 Å². The number of carbonyl (C=O) groups is 2. The van der Waals surface area contributed by atoms with Crippen molar-refractivity contribution >= 4 is 17.7 Å². The normalized spacial score (nSPS) is 15.4. The van der Waals surface area contributed by atoms with Gasteiger partial charge >= 0.3 is 12.0 Å². The van der Waals surface area contributed by atoms with Crippen molar-refractivity contribution in [3.63, 3.8) is 0 Å². The number of benzene rings is 1. The van der Waals surface area contributed by atoms with Crippen molar-refractivity contribution in [1.29, 1.82) is 0 Å². The van der Waals surface area contributed by atoms with Crippen LogP contribution in [0.15, 0.2) is 24.3 Å². The summed E-state index contributed by atoms with van der Waals surface area (Å²) in [5.74, 6) is -0.114. The van der Waals surface area contributed by atoms with E-state index in [0.717, 1.165) is 5.75 Å². The van der Waals surface area contributed by atoms with Crippen LogP contribution in [-0.4, -0.2) is 29.8 Å². The summed E-state index contributed by atoms with van der Waals surface area (Å²) >= 11 is 0. The topological polar surface area (TPSA) is 87.7 Å². The Morgan fingerprint density at radius 3 is 2.38 bits per heavy atom. The zero-order chi connectivity index (χ0) is 15.5. The summed E-state index contributed by atoms with van der Waals surface area (Å²) in [7, 11) is 0. The number of carbonyl (C=O) groups excluding carboxylic acids is 1. The first-order chi connectivity index (χ1) is 9.91. The molecule has 0 unspecified atom stereocenters. The molecule has 0 aromatic heterocycles. The molecule has 6 heteroatoms. The van der Waals surface area contributed by atoms with Gasteiger partial charge in [-0.2, -0.15) is 0 Å². The Labute approximate surface area is 123 Å². The number of amides is 2. The van der Waals surface area contributed by atoms with E-state index in [-0.39, 0.29) is 12.6 Å². The van der Waals surface area contributed by atoms with Crippen molar-refractivity contribution in [2.75, 3.05) is 11.9 Å².